The van der Waals surface area contributed by atoms with Crippen molar-refractivity contribution in [1.29, 1.82) is 0 Å². The average molecular weight is 340 g/mol. The van der Waals surface area contributed by atoms with Crippen LogP contribution in [0.4, 0.5) is 24.8 Å². The van der Waals surface area contributed by atoms with Crippen molar-refractivity contribution in [1.82, 2.24) is 9.97 Å². The van der Waals surface area contributed by atoms with E-state index in [0.717, 1.165) is 12.3 Å². The number of benzene rings is 1. The molecule has 0 atom stereocenters. The summed E-state index contributed by atoms with van der Waals surface area (Å²) in [6.07, 6.45) is -3.48. The van der Waals surface area contributed by atoms with Crippen molar-refractivity contribution in [3.05, 3.63) is 42.2 Å². The van der Waals surface area contributed by atoms with Gasteiger partial charge in [0, 0.05) is 24.9 Å². The Balaban J connectivity index is 1.84. The highest BCUT2D eigenvalue weighted by molar-refractivity contribution is 5.88. The molecule has 0 radical (unpaired) electrons. The standard InChI is InChI=1S/C15H15F3N4O2/c1-10(23)21-11-3-2-4-12(9-11)24-8-7-20-14-19-6-5-13(22-14)15(16,17)18/h2-6,9H,7-8H2,1H3,(H,21,23)(H,19,20,22). The van der Waals surface area contributed by atoms with Gasteiger partial charge in [-0.05, 0) is 18.2 Å². The Hall–Kier alpha value is -2.84. The molecule has 1 amide bonds. The Bertz CT molecular complexity index is 707. The van der Waals surface area contributed by atoms with Crippen LogP contribution in [0.5, 0.6) is 5.75 Å². The number of carbonyl (C=O) groups is 1. The number of nitrogens with zero attached hydrogens (tertiary/aromatic N) is 2. The zero-order chi connectivity index (χ0) is 17.6. The van der Waals surface area contributed by atoms with Gasteiger partial charge in [-0.15, -0.1) is 0 Å². The van der Waals surface area contributed by atoms with Crippen molar-refractivity contribution in [2.75, 3.05) is 23.8 Å². The number of alkyl halides is 3. The Morgan fingerprint density at radius 1 is 1.29 bits per heavy atom. The SMILES string of the molecule is CC(=O)Nc1cccc(OCCNc2nccc(C(F)(F)F)n2)c1. The lowest BCUT2D eigenvalue weighted by Gasteiger charge is -2.10. The number of carbonyl (C=O) groups excluding carboxylic acids is 1. The van der Waals surface area contributed by atoms with E-state index in [0.29, 0.717) is 11.4 Å². The molecule has 0 spiro atoms. The van der Waals surface area contributed by atoms with E-state index in [9.17, 15) is 18.0 Å². The number of nitrogens with one attached hydrogen (secondary N) is 2. The molecule has 0 fully saturated rings. The van der Waals surface area contributed by atoms with Crippen LogP contribution >= 0.6 is 0 Å². The maximum Gasteiger partial charge on any atom is 0.433 e. The third kappa shape index (κ3) is 5.41. The average Bonchev–Trinajstić information content (AvgIpc) is 2.51. The van der Waals surface area contributed by atoms with Gasteiger partial charge in [0.15, 0.2) is 0 Å². The molecule has 0 aliphatic rings. The van der Waals surface area contributed by atoms with Gasteiger partial charge in [0.2, 0.25) is 11.9 Å². The lowest BCUT2D eigenvalue weighted by atomic mass is 10.3. The van der Waals surface area contributed by atoms with Gasteiger partial charge in [-0.1, -0.05) is 6.07 Å². The number of anilines is 2. The van der Waals surface area contributed by atoms with Crippen molar-refractivity contribution in [3.8, 4) is 5.75 Å². The zero-order valence-corrected chi connectivity index (χ0v) is 12.7. The molecule has 1 aromatic heterocycles. The second-order valence-electron chi connectivity index (χ2n) is 4.75. The first-order chi connectivity index (χ1) is 11.3. The number of hydrogen-bond acceptors (Lipinski definition) is 5. The summed E-state index contributed by atoms with van der Waals surface area (Å²) in [6.45, 7) is 1.79. The Morgan fingerprint density at radius 3 is 2.79 bits per heavy atom. The number of aromatic nitrogens is 2. The van der Waals surface area contributed by atoms with E-state index in [-0.39, 0.29) is 25.0 Å². The molecule has 9 heteroatoms. The summed E-state index contributed by atoms with van der Waals surface area (Å²) >= 11 is 0. The maximum atomic E-state index is 12.5. The van der Waals surface area contributed by atoms with Gasteiger partial charge < -0.3 is 15.4 Å². The predicted octanol–water partition coefficient (Wildman–Crippen LogP) is 2.94. The van der Waals surface area contributed by atoms with Crippen LogP contribution in [-0.4, -0.2) is 29.0 Å². The highest BCUT2D eigenvalue weighted by Crippen LogP contribution is 2.27. The minimum absolute atomic E-state index is 0.125. The largest absolute Gasteiger partial charge is 0.492 e. The Labute approximate surface area is 136 Å². The van der Waals surface area contributed by atoms with E-state index in [1.165, 1.54) is 6.92 Å². The summed E-state index contributed by atoms with van der Waals surface area (Å²) in [5, 5.41) is 5.28. The number of halogens is 3. The van der Waals surface area contributed by atoms with E-state index in [4.69, 9.17) is 4.74 Å². The van der Waals surface area contributed by atoms with Crippen molar-refractivity contribution in [3.63, 3.8) is 0 Å². The maximum absolute atomic E-state index is 12.5. The van der Waals surface area contributed by atoms with Crippen LogP contribution in [0.3, 0.4) is 0 Å². The fourth-order valence-electron chi connectivity index (χ4n) is 1.80. The van der Waals surface area contributed by atoms with Gasteiger partial charge in [-0.2, -0.15) is 13.2 Å². The number of hydrogen-bond donors (Lipinski definition) is 2. The van der Waals surface area contributed by atoms with E-state index >= 15 is 0 Å². The molecule has 2 N–H and O–H groups in total. The first kappa shape index (κ1) is 17.5. The van der Waals surface area contributed by atoms with Gasteiger partial charge in [0.25, 0.3) is 0 Å². The zero-order valence-electron chi connectivity index (χ0n) is 12.7. The second-order valence-corrected chi connectivity index (χ2v) is 4.75. The molecule has 2 rings (SSSR count). The van der Waals surface area contributed by atoms with Crippen molar-refractivity contribution < 1.29 is 22.7 Å². The fourth-order valence-corrected chi connectivity index (χ4v) is 1.80. The lowest BCUT2D eigenvalue weighted by Crippen LogP contribution is -2.16. The van der Waals surface area contributed by atoms with Crippen LogP contribution in [0.25, 0.3) is 0 Å². The van der Waals surface area contributed by atoms with E-state index < -0.39 is 11.9 Å². The lowest BCUT2D eigenvalue weighted by molar-refractivity contribution is -0.141. The van der Waals surface area contributed by atoms with Gasteiger partial charge >= 0.3 is 6.18 Å². The van der Waals surface area contributed by atoms with Crippen molar-refractivity contribution >= 4 is 17.5 Å². The third-order valence-electron chi connectivity index (χ3n) is 2.75. The molecule has 6 nitrogen and oxygen atoms in total. The molecule has 1 aromatic carbocycles. The van der Waals surface area contributed by atoms with Crippen LogP contribution in [0.2, 0.25) is 0 Å². The monoisotopic (exact) mass is 340 g/mol. The quantitative estimate of drug-likeness (QED) is 0.791. The first-order valence-electron chi connectivity index (χ1n) is 6.99. The van der Waals surface area contributed by atoms with Crippen molar-refractivity contribution in [2.24, 2.45) is 0 Å². The first-order valence-corrected chi connectivity index (χ1v) is 6.99. The van der Waals surface area contributed by atoms with E-state index in [1.54, 1.807) is 24.3 Å². The van der Waals surface area contributed by atoms with Crippen LogP contribution in [0, 0.1) is 0 Å². The molecule has 0 saturated carbocycles. The summed E-state index contributed by atoms with van der Waals surface area (Å²) in [4.78, 5) is 18.1. The molecule has 24 heavy (non-hydrogen) atoms. The molecule has 128 valence electrons. The van der Waals surface area contributed by atoms with Crippen LogP contribution in [0.15, 0.2) is 36.5 Å². The van der Waals surface area contributed by atoms with E-state index in [2.05, 4.69) is 20.6 Å². The molecule has 0 bridgehead atoms. The highest BCUT2D eigenvalue weighted by atomic mass is 19.4. The van der Waals surface area contributed by atoms with Gasteiger partial charge in [-0.25, -0.2) is 9.97 Å². The number of rotatable bonds is 6. The number of ether oxygens (including phenoxy) is 1. The third-order valence-corrected chi connectivity index (χ3v) is 2.75. The summed E-state index contributed by atoms with van der Waals surface area (Å²) in [7, 11) is 0. The van der Waals surface area contributed by atoms with Gasteiger partial charge in [-0.3, -0.25) is 4.79 Å². The van der Waals surface area contributed by atoms with Gasteiger partial charge in [0.1, 0.15) is 18.1 Å². The second kappa shape index (κ2) is 7.62. The smallest absolute Gasteiger partial charge is 0.433 e. The summed E-state index contributed by atoms with van der Waals surface area (Å²) in [5.41, 5.74) is -0.418. The molecule has 1 heterocycles. The minimum Gasteiger partial charge on any atom is -0.492 e. The number of amides is 1. The fraction of sp³-hybridized carbons (Fsp3) is 0.267. The Morgan fingerprint density at radius 2 is 2.08 bits per heavy atom. The van der Waals surface area contributed by atoms with Crippen LogP contribution in [0.1, 0.15) is 12.6 Å². The Kier molecular flexibility index (Phi) is 5.56. The summed E-state index contributed by atoms with van der Waals surface area (Å²) in [6, 6.07) is 7.57. The van der Waals surface area contributed by atoms with Gasteiger partial charge in [0.05, 0.1) is 6.54 Å². The molecule has 0 aliphatic heterocycles. The van der Waals surface area contributed by atoms with E-state index in [1.807, 2.05) is 0 Å². The predicted molar refractivity (Wildman–Crippen MR) is 81.8 cm³/mol. The molecular weight excluding hydrogens is 325 g/mol. The highest BCUT2D eigenvalue weighted by Gasteiger charge is 2.32. The molecule has 0 unspecified atom stereocenters. The van der Waals surface area contributed by atoms with Crippen LogP contribution in [-0.2, 0) is 11.0 Å². The van der Waals surface area contributed by atoms with Crippen molar-refractivity contribution in [2.45, 2.75) is 13.1 Å². The molecular formula is C15H15F3N4O2. The summed E-state index contributed by atoms with van der Waals surface area (Å²) in [5.74, 6) is 0.198. The topological polar surface area (TPSA) is 76.1 Å². The summed E-state index contributed by atoms with van der Waals surface area (Å²) < 4.78 is 43.1. The normalized spacial score (nSPS) is 11.0. The minimum atomic E-state index is -4.51. The molecule has 0 aliphatic carbocycles. The van der Waals surface area contributed by atoms with Crippen LogP contribution < -0.4 is 15.4 Å². The molecule has 0 saturated heterocycles. The molecule has 2 aromatic rings.